The summed E-state index contributed by atoms with van der Waals surface area (Å²) in [5.74, 6) is 0.954. The third-order valence-electron chi connectivity index (χ3n) is 2.35. The normalized spacial score (nSPS) is 16.1. The maximum absolute atomic E-state index is 3.11. The fourth-order valence-corrected chi connectivity index (χ4v) is 1.34. The van der Waals surface area contributed by atoms with E-state index >= 15 is 0 Å². The molecule has 1 aliphatic rings. The Morgan fingerprint density at radius 1 is 1.42 bits per heavy atom. The molecular weight excluding hydrogens is 148 g/mol. The molecule has 0 amide bonds. The Morgan fingerprint density at radius 2 is 2.08 bits per heavy atom. The van der Waals surface area contributed by atoms with Crippen LogP contribution in [0.5, 0.6) is 0 Å². The van der Waals surface area contributed by atoms with Crippen molar-refractivity contribution in [3.8, 4) is 0 Å². The zero-order valence-corrected chi connectivity index (χ0v) is 7.46. The number of hydrogen-bond acceptors (Lipinski definition) is 1. The number of anilines is 1. The lowest BCUT2D eigenvalue weighted by Gasteiger charge is -1.97. The number of pyridine rings is 1. The van der Waals surface area contributed by atoms with E-state index < -0.39 is 0 Å². The van der Waals surface area contributed by atoms with Crippen LogP contribution in [0.25, 0.3) is 0 Å². The van der Waals surface area contributed by atoms with Crippen molar-refractivity contribution >= 4 is 5.69 Å². The molecule has 1 aromatic rings. The van der Waals surface area contributed by atoms with Gasteiger partial charge in [-0.3, -0.25) is 0 Å². The predicted octanol–water partition coefficient (Wildman–Crippen LogP) is 1.43. The van der Waals surface area contributed by atoms with Gasteiger partial charge in [-0.25, -0.2) is 4.57 Å². The van der Waals surface area contributed by atoms with E-state index in [1.807, 2.05) is 7.05 Å². The highest BCUT2D eigenvalue weighted by atomic mass is 14.9. The highest BCUT2D eigenvalue weighted by Crippen LogP contribution is 2.28. The number of nitrogens with zero attached hydrogens (tertiary/aromatic N) is 1. The van der Waals surface area contributed by atoms with Crippen LogP contribution in [0.15, 0.2) is 24.5 Å². The number of rotatable bonds is 3. The summed E-state index contributed by atoms with van der Waals surface area (Å²) in [6, 6.07) is 4.23. The topological polar surface area (TPSA) is 15.9 Å². The molecular formula is C10H15N2+. The monoisotopic (exact) mass is 163 g/mol. The van der Waals surface area contributed by atoms with Crippen molar-refractivity contribution in [1.82, 2.24) is 0 Å². The summed E-state index contributed by atoms with van der Waals surface area (Å²) < 4.78 is 2.26. The van der Waals surface area contributed by atoms with Crippen LogP contribution < -0.4 is 9.88 Å². The predicted molar refractivity (Wildman–Crippen MR) is 48.9 cm³/mol. The van der Waals surface area contributed by atoms with Crippen LogP contribution in [0.4, 0.5) is 5.69 Å². The fourth-order valence-electron chi connectivity index (χ4n) is 1.34. The lowest BCUT2D eigenvalue weighted by molar-refractivity contribution is -0.700. The summed E-state index contributed by atoms with van der Waals surface area (Å²) in [6.45, 7) is 1.20. The van der Waals surface area contributed by atoms with Crippen LogP contribution in [0.2, 0.25) is 0 Å². The molecule has 2 nitrogen and oxygen atoms in total. The molecule has 1 aromatic heterocycles. The molecule has 1 heterocycles. The molecule has 1 saturated carbocycles. The summed E-state index contributed by atoms with van der Waals surface area (Å²) in [6.07, 6.45) is 7.12. The largest absolute Gasteiger partial charge is 0.388 e. The van der Waals surface area contributed by atoms with Crippen LogP contribution in [0, 0.1) is 5.92 Å². The van der Waals surface area contributed by atoms with Crippen LogP contribution in [0.3, 0.4) is 0 Å². The van der Waals surface area contributed by atoms with E-state index in [-0.39, 0.29) is 0 Å². The maximum atomic E-state index is 3.11. The molecule has 0 aliphatic heterocycles. The lowest BCUT2D eigenvalue weighted by atomic mass is 10.3. The van der Waals surface area contributed by atoms with Crippen molar-refractivity contribution in [3.05, 3.63) is 24.5 Å². The van der Waals surface area contributed by atoms with E-state index in [2.05, 4.69) is 34.4 Å². The van der Waals surface area contributed by atoms with Gasteiger partial charge in [-0.15, -0.1) is 0 Å². The minimum Gasteiger partial charge on any atom is -0.388 e. The fraction of sp³-hybridized carbons (Fsp3) is 0.500. The van der Waals surface area contributed by atoms with Gasteiger partial charge < -0.3 is 5.32 Å². The van der Waals surface area contributed by atoms with E-state index in [1.54, 1.807) is 0 Å². The third-order valence-corrected chi connectivity index (χ3v) is 2.35. The average molecular weight is 163 g/mol. The standard InChI is InChI=1S/C10H14N2/c1-11-10-4-6-12(7-5-10)8-9-2-3-9/h4-7,9H,2-3,8H2,1H3/p+1. The Balaban J connectivity index is 2.02. The summed E-state index contributed by atoms with van der Waals surface area (Å²) in [5.41, 5.74) is 1.18. The summed E-state index contributed by atoms with van der Waals surface area (Å²) >= 11 is 0. The first-order valence-electron chi connectivity index (χ1n) is 4.55. The first-order chi connectivity index (χ1) is 5.88. The minimum atomic E-state index is 0.954. The maximum Gasteiger partial charge on any atom is 0.170 e. The molecule has 0 spiro atoms. The summed E-state index contributed by atoms with van der Waals surface area (Å²) in [5, 5.41) is 3.11. The molecule has 1 fully saturated rings. The van der Waals surface area contributed by atoms with Gasteiger partial charge in [-0.2, -0.15) is 0 Å². The molecule has 0 radical (unpaired) electrons. The van der Waals surface area contributed by atoms with Gasteiger partial charge in [0.1, 0.15) is 0 Å². The zero-order valence-electron chi connectivity index (χ0n) is 7.46. The smallest absolute Gasteiger partial charge is 0.170 e. The molecule has 0 aromatic carbocycles. The molecule has 0 atom stereocenters. The van der Waals surface area contributed by atoms with E-state index in [0.717, 1.165) is 5.92 Å². The SMILES string of the molecule is CNc1cc[n+](CC2CC2)cc1. The average Bonchev–Trinajstić information content (AvgIpc) is 2.90. The Bertz CT molecular complexity index is 249. The van der Waals surface area contributed by atoms with Crippen molar-refractivity contribution in [2.75, 3.05) is 12.4 Å². The second-order valence-corrected chi connectivity index (χ2v) is 3.48. The van der Waals surface area contributed by atoms with Crippen LogP contribution in [0.1, 0.15) is 12.8 Å². The Hall–Kier alpha value is -1.05. The first-order valence-corrected chi connectivity index (χ1v) is 4.55. The second-order valence-electron chi connectivity index (χ2n) is 3.48. The van der Waals surface area contributed by atoms with Gasteiger partial charge in [0, 0.05) is 30.8 Å². The van der Waals surface area contributed by atoms with Crippen LogP contribution >= 0.6 is 0 Å². The van der Waals surface area contributed by atoms with Crippen LogP contribution in [-0.2, 0) is 6.54 Å². The van der Waals surface area contributed by atoms with Gasteiger partial charge in [0.25, 0.3) is 0 Å². The molecule has 12 heavy (non-hydrogen) atoms. The van der Waals surface area contributed by atoms with Crippen molar-refractivity contribution in [2.24, 2.45) is 5.92 Å². The summed E-state index contributed by atoms with van der Waals surface area (Å²) in [4.78, 5) is 0. The Kier molecular flexibility index (Phi) is 1.98. The van der Waals surface area contributed by atoms with Crippen molar-refractivity contribution in [3.63, 3.8) is 0 Å². The number of nitrogens with one attached hydrogen (secondary N) is 1. The number of aromatic nitrogens is 1. The van der Waals surface area contributed by atoms with Crippen LogP contribution in [-0.4, -0.2) is 7.05 Å². The second kappa shape index (κ2) is 3.13. The number of hydrogen-bond donors (Lipinski definition) is 1. The zero-order chi connectivity index (χ0) is 8.39. The minimum absolute atomic E-state index is 0.954. The van der Waals surface area contributed by atoms with Crippen molar-refractivity contribution in [2.45, 2.75) is 19.4 Å². The van der Waals surface area contributed by atoms with Gasteiger partial charge in [0.15, 0.2) is 18.9 Å². The summed E-state index contributed by atoms with van der Waals surface area (Å²) in [7, 11) is 1.95. The van der Waals surface area contributed by atoms with Gasteiger partial charge in [0.05, 0.1) is 0 Å². The first kappa shape index (κ1) is 7.59. The molecule has 2 heteroatoms. The lowest BCUT2D eigenvalue weighted by Crippen LogP contribution is -2.33. The molecule has 1 N–H and O–H groups in total. The highest BCUT2D eigenvalue weighted by molar-refractivity contribution is 5.38. The van der Waals surface area contributed by atoms with E-state index in [9.17, 15) is 0 Å². The van der Waals surface area contributed by atoms with Gasteiger partial charge in [0.2, 0.25) is 0 Å². The van der Waals surface area contributed by atoms with E-state index in [1.165, 1.54) is 25.1 Å². The molecule has 0 bridgehead atoms. The third kappa shape index (κ3) is 1.76. The highest BCUT2D eigenvalue weighted by Gasteiger charge is 2.25. The molecule has 2 rings (SSSR count). The Labute approximate surface area is 73.2 Å². The molecule has 64 valence electrons. The Morgan fingerprint density at radius 3 is 2.58 bits per heavy atom. The van der Waals surface area contributed by atoms with Crippen molar-refractivity contribution < 1.29 is 4.57 Å². The molecule has 1 aliphatic carbocycles. The van der Waals surface area contributed by atoms with Gasteiger partial charge >= 0.3 is 0 Å². The molecule has 0 saturated heterocycles. The quantitative estimate of drug-likeness (QED) is 0.666. The van der Waals surface area contributed by atoms with Gasteiger partial charge in [-0.1, -0.05) is 0 Å². The van der Waals surface area contributed by atoms with E-state index in [4.69, 9.17) is 0 Å². The molecule has 0 unspecified atom stereocenters. The van der Waals surface area contributed by atoms with E-state index in [0.29, 0.717) is 0 Å². The van der Waals surface area contributed by atoms with Crippen molar-refractivity contribution in [1.29, 1.82) is 0 Å². The van der Waals surface area contributed by atoms with Gasteiger partial charge in [-0.05, 0) is 12.8 Å².